The van der Waals surface area contributed by atoms with E-state index in [0.29, 0.717) is 17.8 Å². The van der Waals surface area contributed by atoms with Gasteiger partial charge in [0.1, 0.15) is 5.84 Å². The number of nitrogens with zero attached hydrogens (tertiary/aromatic N) is 4. The Labute approximate surface area is 198 Å². The zero-order chi connectivity index (χ0) is 24.0. The lowest BCUT2D eigenvalue weighted by molar-refractivity contribution is 0.114. The summed E-state index contributed by atoms with van der Waals surface area (Å²) in [5.74, 6) is 0.184. The molecule has 1 aromatic heterocycles. The molecule has 1 saturated heterocycles. The molecule has 9 heteroatoms. The predicted octanol–water partition coefficient (Wildman–Crippen LogP) is 3.68. The standard InChI is InChI=1S/C24H30N8S/c1-15(2)32-13-20(14-32)29-12-19(10-25)18-8-17-9-21(5-6-22(17)30-11-18)33-24(28)31-23(27)7-4-16(3)26/h4-12,15,20,26H,13-14,25H2,1-3H3,(H3,27,28,31)/b7-4-,19-10?,26-16?,29-12?. The molecule has 172 valence electrons. The third-order valence-electron chi connectivity index (χ3n) is 5.16. The van der Waals surface area contributed by atoms with Gasteiger partial charge in [0.25, 0.3) is 0 Å². The Hall–Kier alpha value is -3.30. The monoisotopic (exact) mass is 462 g/mol. The Morgan fingerprint density at radius 3 is 2.67 bits per heavy atom. The maximum Gasteiger partial charge on any atom is 0.186 e. The van der Waals surface area contributed by atoms with Crippen LogP contribution in [0.4, 0.5) is 0 Å². The first-order chi connectivity index (χ1) is 15.7. The van der Waals surface area contributed by atoms with Crippen LogP contribution in [-0.2, 0) is 0 Å². The number of aliphatic imine (C=N–C) groups is 2. The van der Waals surface area contributed by atoms with Crippen LogP contribution in [0.2, 0.25) is 0 Å². The van der Waals surface area contributed by atoms with Crippen molar-refractivity contribution in [1.29, 1.82) is 10.8 Å². The minimum Gasteiger partial charge on any atom is -0.404 e. The molecule has 1 aliphatic rings. The molecule has 0 atom stereocenters. The van der Waals surface area contributed by atoms with Gasteiger partial charge in [-0.25, -0.2) is 4.99 Å². The molecule has 0 aliphatic carbocycles. The first-order valence-corrected chi connectivity index (χ1v) is 11.5. The van der Waals surface area contributed by atoms with Gasteiger partial charge < -0.3 is 16.9 Å². The minimum absolute atomic E-state index is 0.0638. The summed E-state index contributed by atoms with van der Waals surface area (Å²) in [7, 11) is 0. The lowest BCUT2D eigenvalue weighted by Crippen LogP contribution is -2.52. The smallest absolute Gasteiger partial charge is 0.186 e. The Morgan fingerprint density at radius 2 is 2.00 bits per heavy atom. The number of nitrogens with one attached hydrogen (secondary N) is 2. The SMILES string of the molecule is CC(=N)/C=C\C(N)=NC(=N)Sc1ccc2ncc(C(C=NC3CN(C(C)C)C3)=CN)cc2c1. The summed E-state index contributed by atoms with van der Waals surface area (Å²) in [4.78, 5) is 16.5. The van der Waals surface area contributed by atoms with Crippen molar-refractivity contribution in [1.82, 2.24) is 9.88 Å². The van der Waals surface area contributed by atoms with Gasteiger partial charge in [-0.05, 0) is 57.2 Å². The van der Waals surface area contributed by atoms with E-state index >= 15 is 0 Å². The highest BCUT2D eigenvalue weighted by Crippen LogP contribution is 2.26. The third kappa shape index (κ3) is 6.84. The van der Waals surface area contributed by atoms with Crippen LogP contribution in [0.25, 0.3) is 16.5 Å². The second-order valence-electron chi connectivity index (χ2n) is 8.14. The zero-order valence-corrected chi connectivity index (χ0v) is 19.9. The number of allylic oxidation sites excluding steroid dienone is 2. The van der Waals surface area contributed by atoms with E-state index in [2.05, 4.69) is 33.7 Å². The molecule has 1 fully saturated rings. The molecule has 2 aromatic rings. The Balaban J connectivity index is 1.72. The molecular formula is C24H30N8S. The van der Waals surface area contributed by atoms with Crippen molar-refractivity contribution in [3.05, 3.63) is 54.4 Å². The molecule has 0 saturated carbocycles. The molecule has 3 rings (SSSR count). The van der Waals surface area contributed by atoms with E-state index in [1.54, 1.807) is 19.3 Å². The van der Waals surface area contributed by atoms with Gasteiger partial charge in [-0.3, -0.25) is 20.3 Å². The van der Waals surface area contributed by atoms with E-state index < -0.39 is 0 Å². The van der Waals surface area contributed by atoms with Crippen LogP contribution in [0.5, 0.6) is 0 Å². The maximum atomic E-state index is 8.10. The Morgan fingerprint density at radius 1 is 1.24 bits per heavy atom. The van der Waals surface area contributed by atoms with E-state index in [1.165, 1.54) is 23.9 Å². The molecule has 0 radical (unpaired) electrons. The topological polar surface area (TPSA) is 141 Å². The number of likely N-dealkylation sites (tertiary alicyclic amines) is 1. The summed E-state index contributed by atoms with van der Waals surface area (Å²) in [5.41, 5.74) is 14.6. The average molecular weight is 463 g/mol. The van der Waals surface area contributed by atoms with Crippen LogP contribution < -0.4 is 11.5 Å². The molecule has 33 heavy (non-hydrogen) atoms. The number of rotatable bonds is 7. The highest BCUT2D eigenvalue weighted by Gasteiger charge is 2.27. The Bertz CT molecular complexity index is 1160. The van der Waals surface area contributed by atoms with E-state index in [9.17, 15) is 0 Å². The number of benzene rings is 1. The van der Waals surface area contributed by atoms with Gasteiger partial charge in [0, 0.05) is 64.9 Å². The molecule has 0 spiro atoms. The number of fused-ring (bicyclic) bond motifs is 1. The second kappa shape index (κ2) is 11.0. The summed E-state index contributed by atoms with van der Waals surface area (Å²) in [6, 6.07) is 8.64. The van der Waals surface area contributed by atoms with Crippen LogP contribution in [0.15, 0.2) is 63.7 Å². The fraction of sp³-hybridized carbons (Fsp3) is 0.292. The predicted molar refractivity (Wildman–Crippen MR) is 141 cm³/mol. The van der Waals surface area contributed by atoms with Crippen LogP contribution in [0, 0.1) is 10.8 Å². The van der Waals surface area contributed by atoms with Crippen LogP contribution in [0.3, 0.4) is 0 Å². The van der Waals surface area contributed by atoms with E-state index in [4.69, 9.17) is 22.3 Å². The Kier molecular flexibility index (Phi) is 8.13. The van der Waals surface area contributed by atoms with Crippen LogP contribution in [-0.4, -0.2) is 58.0 Å². The summed E-state index contributed by atoms with van der Waals surface area (Å²) >= 11 is 1.20. The second-order valence-corrected chi connectivity index (χ2v) is 9.20. The normalized spacial score (nSPS) is 16.2. The van der Waals surface area contributed by atoms with Crippen molar-refractivity contribution in [2.24, 2.45) is 21.5 Å². The fourth-order valence-corrected chi connectivity index (χ4v) is 3.93. The molecule has 2 heterocycles. The average Bonchev–Trinajstić information content (AvgIpc) is 2.73. The third-order valence-corrected chi connectivity index (χ3v) is 5.93. The molecule has 0 unspecified atom stereocenters. The lowest BCUT2D eigenvalue weighted by atomic mass is 10.1. The van der Waals surface area contributed by atoms with Gasteiger partial charge in [0.15, 0.2) is 5.17 Å². The summed E-state index contributed by atoms with van der Waals surface area (Å²) in [6.45, 7) is 7.97. The van der Waals surface area contributed by atoms with Crippen molar-refractivity contribution < 1.29 is 0 Å². The summed E-state index contributed by atoms with van der Waals surface area (Å²) in [6.07, 6.45) is 8.24. The number of hydrogen-bond donors (Lipinski definition) is 4. The number of aromatic nitrogens is 1. The minimum atomic E-state index is 0.0638. The summed E-state index contributed by atoms with van der Waals surface area (Å²) < 4.78 is 0. The molecule has 0 amide bonds. The van der Waals surface area contributed by atoms with E-state index in [0.717, 1.165) is 40.0 Å². The van der Waals surface area contributed by atoms with Crippen molar-refractivity contribution in [3.63, 3.8) is 0 Å². The molecule has 8 nitrogen and oxygen atoms in total. The maximum absolute atomic E-state index is 8.10. The van der Waals surface area contributed by atoms with Crippen molar-refractivity contribution in [2.45, 2.75) is 37.8 Å². The van der Waals surface area contributed by atoms with Gasteiger partial charge >= 0.3 is 0 Å². The van der Waals surface area contributed by atoms with Gasteiger partial charge in [-0.15, -0.1) is 0 Å². The number of pyridine rings is 1. The van der Waals surface area contributed by atoms with Gasteiger partial charge in [-0.1, -0.05) is 11.8 Å². The zero-order valence-electron chi connectivity index (χ0n) is 19.1. The largest absolute Gasteiger partial charge is 0.404 e. The first kappa shape index (κ1) is 24.3. The number of hydrogen-bond acceptors (Lipinski definition) is 7. The number of thioether (sulfide) groups is 1. The molecule has 0 bridgehead atoms. The van der Waals surface area contributed by atoms with Crippen molar-refractivity contribution in [2.75, 3.05) is 13.1 Å². The first-order valence-electron chi connectivity index (χ1n) is 10.7. The summed E-state index contributed by atoms with van der Waals surface area (Å²) in [5, 5.41) is 16.5. The van der Waals surface area contributed by atoms with Gasteiger partial charge in [-0.2, -0.15) is 0 Å². The van der Waals surface area contributed by atoms with Gasteiger partial charge in [0.2, 0.25) is 0 Å². The fourth-order valence-electron chi connectivity index (χ4n) is 3.23. The molecule has 1 aliphatic heterocycles. The molecular weight excluding hydrogens is 432 g/mol. The van der Waals surface area contributed by atoms with E-state index in [-0.39, 0.29) is 11.0 Å². The van der Waals surface area contributed by atoms with Crippen LogP contribution in [0.1, 0.15) is 26.3 Å². The highest BCUT2D eigenvalue weighted by molar-refractivity contribution is 8.13. The molecule has 1 aromatic carbocycles. The quantitative estimate of drug-likeness (QED) is 0.282. The van der Waals surface area contributed by atoms with Crippen molar-refractivity contribution >= 4 is 51.2 Å². The lowest BCUT2D eigenvalue weighted by Gasteiger charge is -2.39. The molecule has 6 N–H and O–H groups in total. The number of nitrogens with two attached hydrogens (primary N) is 2. The van der Waals surface area contributed by atoms with Crippen LogP contribution >= 0.6 is 11.8 Å². The number of amidine groups is 2. The van der Waals surface area contributed by atoms with Crippen molar-refractivity contribution in [3.8, 4) is 0 Å². The highest BCUT2D eigenvalue weighted by atomic mass is 32.2. The van der Waals surface area contributed by atoms with Gasteiger partial charge in [0.05, 0.1) is 11.6 Å². The van der Waals surface area contributed by atoms with E-state index in [1.807, 2.05) is 30.5 Å².